The van der Waals surface area contributed by atoms with E-state index in [0.717, 1.165) is 67.4 Å². The van der Waals surface area contributed by atoms with E-state index in [0.29, 0.717) is 29.7 Å². The van der Waals surface area contributed by atoms with Crippen LogP contribution in [0.1, 0.15) is 80.8 Å². The van der Waals surface area contributed by atoms with Crippen molar-refractivity contribution in [2.45, 2.75) is 70.1 Å². The third-order valence-electron chi connectivity index (χ3n) is 7.46. The van der Waals surface area contributed by atoms with Gasteiger partial charge >= 0.3 is 0 Å². The molecule has 3 aromatic rings. The number of amides is 1. The highest BCUT2D eigenvalue weighted by Gasteiger charge is 2.35. The predicted molar refractivity (Wildman–Crippen MR) is 147 cm³/mol. The van der Waals surface area contributed by atoms with Crippen molar-refractivity contribution in [3.63, 3.8) is 0 Å². The fourth-order valence-electron chi connectivity index (χ4n) is 5.22. The summed E-state index contributed by atoms with van der Waals surface area (Å²) in [6.45, 7) is 5.60. The number of anilines is 1. The molecule has 8 heteroatoms. The van der Waals surface area contributed by atoms with Crippen molar-refractivity contribution in [2.75, 3.05) is 17.8 Å². The zero-order valence-corrected chi connectivity index (χ0v) is 22.4. The fraction of sp³-hybridized carbons (Fsp3) is 0.448. The van der Waals surface area contributed by atoms with Gasteiger partial charge in [-0.3, -0.25) is 9.52 Å². The van der Waals surface area contributed by atoms with Crippen LogP contribution in [0.15, 0.2) is 42.5 Å². The summed E-state index contributed by atoms with van der Waals surface area (Å²) >= 11 is 0. The summed E-state index contributed by atoms with van der Waals surface area (Å²) in [4.78, 5) is 15.3. The Kier molecular flexibility index (Phi) is 7.00. The van der Waals surface area contributed by atoms with Crippen molar-refractivity contribution in [1.82, 2.24) is 9.47 Å². The summed E-state index contributed by atoms with van der Waals surface area (Å²) in [5.41, 5.74) is 4.37. The van der Waals surface area contributed by atoms with Gasteiger partial charge in [-0.25, -0.2) is 8.42 Å². The minimum absolute atomic E-state index is 0.0271. The van der Waals surface area contributed by atoms with Gasteiger partial charge < -0.3 is 9.47 Å². The molecule has 0 bridgehead atoms. The van der Waals surface area contributed by atoms with E-state index < -0.39 is 10.0 Å². The second kappa shape index (κ2) is 10.2. The van der Waals surface area contributed by atoms with Crippen LogP contribution in [-0.2, 0) is 10.0 Å². The summed E-state index contributed by atoms with van der Waals surface area (Å²) in [7, 11) is -3.34. The molecule has 37 heavy (non-hydrogen) atoms. The zero-order chi connectivity index (χ0) is 26.2. The maximum atomic E-state index is 13.4. The molecule has 2 aliphatic carbocycles. The molecule has 2 aliphatic rings. The Balaban J connectivity index is 1.58. The van der Waals surface area contributed by atoms with Gasteiger partial charge in [-0.1, -0.05) is 32.0 Å². The SMILES string of the molecule is CCCN(CCC)C(=O)c1ccc2c(C#N)c(-c3ccc(NS(=O)(=O)C4CC4)cc3)n(C3CCC3)c2c1. The molecule has 7 nitrogen and oxygen atoms in total. The van der Waals surface area contributed by atoms with E-state index in [2.05, 4.69) is 29.2 Å². The van der Waals surface area contributed by atoms with Crippen LogP contribution in [0.4, 0.5) is 5.69 Å². The van der Waals surface area contributed by atoms with Crippen LogP contribution in [0.5, 0.6) is 0 Å². The normalized spacial score (nSPS) is 15.8. The predicted octanol–water partition coefficient (Wildman–Crippen LogP) is 6.07. The van der Waals surface area contributed by atoms with Crippen molar-refractivity contribution in [3.8, 4) is 17.3 Å². The number of nitriles is 1. The molecule has 0 unspecified atom stereocenters. The number of benzene rings is 2. The molecule has 2 fully saturated rings. The number of hydrogen-bond acceptors (Lipinski definition) is 4. The molecule has 2 saturated carbocycles. The van der Waals surface area contributed by atoms with Gasteiger partial charge in [0.15, 0.2) is 0 Å². The highest BCUT2D eigenvalue weighted by Crippen LogP contribution is 2.43. The standard InChI is InChI=1S/C29H34N4O3S/c1-3-16-32(17-4-2)29(34)21-10-15-25-26(19-30)28(33(27(25)18-21)23-6-5-7-23)20-8-11-22(12-9-20)31-37(35,36)24-13-14-24/h8-12,15,18,23-24,31H,3-7,13-14,16-17H2,1-2H3. The molecule has 1 aromatic heterocycles. The van der Waals surface area contributed by atoms with E-state index >= 15 is 0 Å². The van der Waals surface area contributed by atoms with Gasteiger partial charge in [0, 0.05) is 35.8 Å². The highest BCUT2D eigenvalue weighted by atomic mass is 32.2. The van der Waals surface area contributed by atoms with Gasteiger partial charge in [0.1, 0.15) is 6.07 Å². The number of fused-ring (bicyclic) bond motifs is 1. The maximum absolute atomic E-state index is 13.4. The van der Waals surface area contributed by atoms with Gasteiger partial charge in [-0.05, 0) is 74.8 Å². The Morgan fingerprint density at radius 2 is 1.73 bits per heavy atom. The van der Waals surface area contributed by atoms with Gasteiger partial charge in [0.2, 0.25) is 10.0 Å². The van der Waals surface area contributed by atoms with Crippen molar-refractivity contribution in [1.29, 1.82) is 5.26 Å². The van der Waals surface area contributed by atoms with Crippen LogP contribution in [-0.4, -0.2) is 42.1 Å². The van der Waals surface area contributed by atoms with E-state index in [1.807, 2.05) is 35.2 Å². The third-order valence-corrected chi connectivity index (χ3v) is 9.33. The van der Waals surface area contributed by atoms with E-state index in [1.54, 1.807) is 12.1 Å². The topological polar surface area (TPSA) is 95.2 Å². The molecule has 5 rings (SSSR count). The number of carbonyl (C=O) groups excluding carboxylic acids is 1. The molecule has 194 valence electrons. The Hall–Kier alpha value is -3.31. The minimum Gasteiger partial charge on any atom is -0.339 e. The molecule has 1 heterocycles. The summed E-state index contributed by atoms with van der Waals surface area (Å²) in [5, 5.41) is 10.8. The van der Waals surface area contributed by atoms with E-state index in [4.69, 9.17) is 0 Å². The summed E-state index contributed by atoms with van der Waals surface area (Å²) in [5.74, 6) is 0.0271. The first-order chi connectivity index (χ1) is 17.9. The number of nitrogens with one attached hydrogen (secondary N) is 1. The minimum atomic E-state index is -3.34. The lowest BCUT2D eigenvalue weighted by Gasteiger charge is -2.30. The second-order valence-electron chi connectivity index (χ2n) is 10.2. The van der Waals surface area contributed by atoms with E-state index in [1.165, 1.54) is 0 Å². The molecule has 1 N–H and O–H groups in total. The summed E-state index contributed by atoms with van der Waals surface area (Å²) in [6, 6.07) is 15.7. The molecule has 0 radical (unpaired) electrons. The lowest BCUT2D eigenvalue weighted by molar-refractivity contribution is 0.0755. The Bertz CT molecular complexity index is 1450. The number of nitrogens with zero attached hydrogens (tertiary/aromatic N) is 3. The third kappa shape index (κ3) is 4.85. The highest BCUT2D eigenvalue weighted by molar-refractivity contribution is 7.93. The van der Waals surface area contributed by atoms with Crippen LogP contribution < -0.4 is 4.72 Å². The van der Waals surface area contributed by atoms with Crippen molar-refractivity contribution < 1.29 is 13.2 Å². The quantitative estimate of drug-likeness (QED) is 0.352. The van der Waals surface area contributed by atoms with Crippen molar-refractivity contribution in [3.05, 3.63) is 53.6 Å². The molecule has 0 atom stereocenters. The van der Waals surface area contributed by atoms with Gasteiger partial charge in [-0.15, -0.1) is 0 Å². The molecule has 2 aromatic carbocycles. The molecule has 0 saturated heterocycles. The lowest BCUT2D eigenvalue weighted by Crippen LogP contribution is -2.32. The van der Waals surface area contributed by atoms with Crippen LogP contribution >= 0.6 is 0 Å². The average Bonchev–Trinajstić information content (AvgIpc) is 3.67. The van der Waals surface area contributed by atoms with Gasteiger partial charge in [-0.2, -0.15) is 5.26 Å². The average molecular weight is 519 g/mol. The number of sulfonamides is 1. The molecular formula is C29H34N4O3S. The van der Waals surface area contributed by atoms with Gasteiger partial charge in [0.25, 0.3) is 5.91 Å². The summed E-state index contributed by atoms with van der Waals surface area (Å²) < 4.78 is 29.6. The molecule has 0 spiro atoms. The maximum Gasteiger partial charge on any atom is 0.253 e. The monoisotopic (exact) mass is 518 g/mol. The van der Waals surface area contributed by atoms with Gasteiger partial charge in [0.05, 0.1) is 22.0 Å². The molecule has 0 aliphatic heterocycles. The Morgan fingerprint density at radius 1 is 1.05 bits per heavy atom. The first kappa shape index (κ1) is 25.3. The van der Waals surface area contributed by atoms with Crippen LogP contribution in [0, 0.1) is 11.3 Å². The number of rotatable bonds is 10. The first-order valence-corrected chi connectivity index (χ1v) is 14.9. The number of carbonyl (C=O) groups is 1. The van der Waals surface area contributed by atoms with Crippen molar-refractivity contribution in [2.24, 2.45) is 0 Å². The second-order valence-corrected chi connectivity index (χ2v) is 12.2. The number of hydrogen-bond donors (Lipinski definition) is 1. The summed E-state index contributed by atoms with van der Waals surface area (Å²) in [6.07, 6.45) is 6.41. The van der Waals surface area contributed by atoms with Crippen LogP contribution in [0.3, 0.4) is 0 Å². The largest absolute Gasteiger partial charge is 0.339 e. The number of aromatic nitrogens is 1. The van der Waals surface area contributed by atoms with Crippen LogP contribution in [0.25, 0.3) is 22.2 Å². The van der Waals surface area contributed by atoms with Crippen molar-refractivity contribution >= 4 is 32.5 Å². The molecule has 1 amide bonds. The zero-order valence-electron chi connectivity index (χ0n) is 21.5. The first-order valence-electron chi connectivity index (χ1n) is 13.4. The Morgan fingerprint density at radius 3 is 2.27 bits per heavy atom. The van der Waals surface area contributed by atoms with E-state index in [-0.39, 0.29) is 17.2 Å². The smallest absolute Gasteiger partial charge is 0.253 e. The lowest BCUT2D eigenvalue weighted by atomic mass is 9.92. The van der Waals surface area contributed by atoms with E-state index in [9.17, 15) is 18.5 Å². The Labute approximate surface area is 219 Å². The van der Waals surface area contributed by atoms with Crippen LogP contribution in [0.2, 0.25) is 0 Å². The fourth-order valence-corrected chi connectivity index (χ4v) is 6.61. The molecular weight excluding hydrogens is 484 g/mol.